The third-order valence-corrected chi connectivity index (χ3v) is 19.1. The Morgan fingerprint density at radius 2 is 0.379 bits per heavy atom. The number of aryl methyl sites for hydroxylation is 18. The summed E-state index contributed by atoms with van der Waals surface area (Å²) in [4.78, 5) is 27.5. The molecule has 0 aliphatic carbocycles. The molecule has 0 spiro atoms. The molecule has 14 aromatic rings. The second kappa shape index (κ2) is 35.3. The Balaban J connectivity index is 0.000000192. The zero-order valence-corrected chi connectivity index (χ0v) is 62.4. The van der Waals surface area contributed by atoms with Gasteiger partial charge in [0.15, 0.2) is 0 Å². The summed E-state index contributed by atoms with van der Waals surface area (Å²) in [5, 5.41) is 0. The van der Waals surface area contributed by atoms with E-state index in [2.05, 4.69) is 326 Å². The van der Waals surface area contributed by atoms with E-state index < -0.39 is 0 Å². The third-order valence-electron chi connectivity index (χ3n) is 19.1. The molecule has 7 heteroatoms. The van der Waals surface area contributed by atoms with Gasteiger partial charge in [-0.3, -0.25) is 15.0 Å². The molecule has 0 radical (unpaired) electrons. The number of rotatable bonds is 24. The van der Waals surface area contributed by atoms with Gasteiger partial charge in [-0.25, -0.2) is 0 Å². The molecule has 6 heterocycles. The normalized spacial score (nSPS) is 11.0. The average Bonchev–Trinajstić information content (AvgIpc) is 0.951. The van der Waals surface area contributed by atoms with Crippen molar-refractivity contribution in [3.05, 3.63) is 392 Å². The van der Waals surface area contributed by atoms with Crippen molar-refractivity contribution in [1.82, 2.24) is 29.9 Å². The monoisotopic (exact) mass is 1520 g/mol. The van der Waals surface area contributed by atoms with Crippen LogP contribution in [0.15, 0.2) is 274 Å². The first kappa shape index (κ1) is 72.1. The number of aromatic nitrogens is 6. The van der Waals surface area contributed by atoms with Crippen LogP contribution in [0.5, 0.6) is 0 Å². The molecule has 0 fully saturated rings. The van der Waals surface area contributed by atoms with Gasteiger partial charge in [-0.05, 0) is 218 Å². The molecule has 510 valence electrons. The number of hydrogen-bond acceptors (Lipinski definition) is 6. The van der Waals surface area contributed by atoms with Gasteiger partial charge in [0, 0.05) is 53.9 Å². The fraction of sp³-hybridized carbons (Fsp3) is 0.188. The van der Waals surface area contributed by atoms with Gasteiger partial charge >= 0.3 is 20.1 Å². The summed E-state index contributed by atoms with van der Waals surface area (Å²) >= 11 is 0. The average molecular weight is 1520 g/mol. The maximum atomic E-state index is 4.61. The van der Waals surface area contributed by atoms with E-state index in [1.165, 1.54) is 83.5 Å². The van der Waals surface area contributed by atoms with E-state index >= 15 is 0 Å². The molecular weight excluding hydrogens is 1430 g/mol. The van der Waals surface area contributed by atoms with Crippen LogP contribution < -0.4 is 0 Å². The Morgan fingerprint density at radius 3 is 0.563 bits per heavy atom. The predicted octanol–water partition coefficient (Wildman–Crippen LogP) is 21.7. The maximum absolute atomic E-state index is 4.61. The predicted molar refractivity (Wildman–Crippen MR) is 420 cm³/mol. The molecule has 0 saturated carbocycles. The van der Waals surface area contributed by atoms with E-state index in [0.717, 1.165) is 161 Å². The van der Waals surface area contributed by atoms with Crippen molar-refractivity contribution in [2.75, 3.05) is 0 Å². The minimum Gasteiger partial charge on any atom is -0.304 e. The largest absolute Gasteiger partial charge is 3.00 e. The molecule has 0 aliphatic rings. The molecule has 0 aliphatic heterocycles. The smallest absolute Gasteiger partial charge is 0.304 e. The van der Waals surface area contributed by atoms with Crippen molar-refractivity contribution in [3.63, 3.8) is 0 Å². The van der Waals surface area contributed by atoms with Gasteiger partial charge in [-0.1, -0.05) is 183 Å². The Hall–Kier alpha value is -10.7. The van der Waals surface area contributed by atoms with Crippen LogP contribution in [0, 0.1) is 59.7 Å². The zero-order valence-electron chi connectivity index (χ0n) is 60.0. The van der Waals surface area contributed by atoms with E-state index in [0.29, 0.717) is 0 Å². The molecule has 0 unspecified atom stereocenters. The summed E-state index contributed by atoms with van der Waals surface area (Å²) in [5.41, 5.74) is 35.8. The first-order valence-corrected chi connectivity index (χ1v) is 36.0. The Kier molecular flexibility index (Phi) is 24.7. The summed E-state index contributed by atoms with van der Waals surface area (Å²) < 4.78 is 0. The quantitative estimate of drug-likeness (QED) is 0.0561. The van der Waals surface area contributed by atoms with E-state index in [9.17, 15) is 0 Å². The van der Waals surface area contributed by atoms with Crippen molar-refractivity contribution >= 4 is 0 Å². The topological polar surface area (TPSA) is 77.3 Å². The van der Waals surface area contributed by atoms with Crippen molar-refractivity contribution in [1.29, 1.82) is 0 Å². The number of benzene rings is 8. The Labute approximate surface area is 624 Å². The molecule has 6 aromatic heterocycles. The maximum Gasteiger partial charge on any atom is 3.00 e. The second-order valence-corrected chi connectivity index (χ2v) is 27.6. The molecule has 0 bridgehead atoms. The molecule has 8 aromatic carbocycles. The van der Waals surface area contributed by atoms with Crippen LogP contribution in [0.1, 0.15) is 100 Å². The van der Waals surface area contributed by atoms with Crippen LogP contribution in [0.4, 0.5) is 0 Å². The summed E-state index contributed by atoms with van der Waals surface area (Å²) in [7, 11) is 0. The van der Waals surface area contributed by atoms with Crippen LogP contribution in [-0.4, -0.2) is 29.9 Å². The summed E-state index contributed by atoms with van der Waals surface area (Å²) in [6.45, 7) is 12.4. The minimum atomic E-state index is 0. The van der Waals surface area contributed by atoms with Gasteiger partial charge in [0.05, 0.1) is 17.1 Å². The van der Waals surface area contributed by atoms with E-state index in [4.69, 9.17) is 0 Å². The van der Waals surface area contributed by atoms with Crippen molar-refractivity contribution in [2.24, 2.45) is 0 Å². The number of nitrogens with zero attached hydrogens (tertiary/aromatic N) is 6. The minimum absolute atomic E-state index is 0. The summed E-state index contributed by atoms with van der Waals surface area (Å²) in [5.74, 6) is 0. The Morgan fingerprint density at radius 1 is 0.194 bits per heavy atom. The van der Waals surface area contributed by atoms with Gasteiger partial charge < -0.3 is 15.0 Å². The zero-order chi connectivity index (χ0) is 70.0. The summed E-state index contributed by atoms with van der Waals surface area (Å²) in [6, 6.07) is 96.3. The number of pyridine rings is 6. The fourth-order valence-electron chi connectivity index (χ4n) is 12.9. The molecule has 0 N–H and O–H groups in total. The molecule has 103 heavy (non-hydrogen) atoms. The van der Waals surface area contributed by atoms with Crippen molar-refractivity contribution in [2.45, 2.75) is 119 Å². The first-order valence-electron chi connectivity index (χ1n) is 36.0. The van der Waals surface area contributed by atoms with Gasteiger partial charge in [0.2, 0.25) is 0 Å². The van der Waals surface area contributed by atoms with E-state index in [-0.39, 0.29) is 20.1 Å². The van der Waals surface area contributed by atoms with Gasteiger partial charge in [-0.2, -0.15) is 0 Å². The van der Waals surface area contributed by atoms with Crippen LogP contribution in [-0.2, 0) is 97.2 Å². The molecule has 6 nitrogen and oxygen atoms in total. The van der Waals surface area contributed by atoms with E-state index in [1.54, 1.807) is 0 Å². The van der Waals surface area contributed by atoms with Crippen LogP contribution >= 0.6 is 0 Å². The molecular formula is C96H87IrN6. The van der Waals surface area contributed by atoms with Gasteiger partial charge in [-0.15, -0.1) is 106 Å². The van der Waals surface area contributed by atoms with Crippen LogP contribution in [0.2, 0.25) is 0 Å². The number of hydrogen-bond donors (Lipinski definition) is 0. The van der Waals surface area contributed by atoms with E-state index in [1.807, 2.05) is 37.2 Å². The SMILES string of the molecule is Cc1ccc(-c2[c-]cc(CCc3cc(CCc4c[c-]c(-c5ccc(C)cn5)cc4)cc(CCc4c[c-]c(-c5ccc(C)cn5)cc4)c3)cc2)nc1.Cc1ccc(-c2ccc(CCc3cc(CCc4ccc(-c5ccc(C)cn5)cc4)cc(CCc4ccc(-c5ccc(C)cn5)cc4)c3)cc2)nc1.[Ir+3]. The molecule has 0 saturated heterocycles. The van der Waals surface area contributed by atoms with Crippen molar-refractivity contribution < 1.29 is 20.1 Å². The summed E-state index contributed by atoms with van der Waals surface area (Å²) in [6.07, 6.45) is 23.4. The fourth-order valence-corrected chi connectivity index (χ4v) is 12.9. The molecule has 0 amide bonds. The van der Waals surface area contributed by atoms with Gasteiger partial charge in [0.1, 0.15) is 0 Å². The second-order valence-electron chi connectivity index (χ2n) is 27.6. The standard InChI is InChI=1S/C48H45N3.C48H42N3.Ir/c2*1-34-4-25-46(49-31-34)43-19-13-37(14-20-43)7-10-40-28-41(11-8-38-15-21-44(22-16-38)47-26-5-35(2)32-50-47)30-42(29-40)12-9-39-17-23-45(24-18-39)48-27-6-36(3)33-51-48;/h4-6,13-33H,7-12H2,1-3H3;4-6,13-19,21,23,25-33H,7-12H2,1-3H3;/q;-3;+3. The Bertz CT molecular complexity index is 4120. The van der Waals surface area contributed by atoms with Gasteiger partial charge in [0.25, 0.3) is 0 Å². The third kappa shape index (κ3) is 20.8. The van der Waals surface area contributed by atoms with Crippen LogP contribution in [0.3, 0.4) is 0 Å². The molecule has 14 rings (SSSR count). The van der Waals surface area contributed by atoms with Crippen molar-refractivity contribution in [3.8, 4) is 67.5 Å². The molecule has 0 atom stereocenters. The van der Waals surface area contributed by atoms with Crippen LogP contribution in [0.25, 0.3) is 67.5 Å². The first-order chi connectivity index (χ1) is 49.9.